The Bertz CT molecular complexity index is 1390. The van der Waals surface area contributed by atoms with E-state index in [0.29, 0.717) is 17.1 Å². The fourth-order valence-electron chi connectivity index (χ4n) is 3.78. The van der Waals surface area contributed by atoms with Gasteiger partial charge in [-0.2, -0.15) is 10.2 Å². The maximum Gasteiger partial charge on any atom is 0.410 e. The second kappa shape index (κ2) is 11.0. The highest BCUT2D eigenvalue weighted by molar-refractivity contribution is 5.68. The molecular weight excluding hydrogens is 512 g/mol. The number of anilines is 2. The van der Waals surface area contributed by atoms with Gasteiger partial charge in [0.25, 0.3) is 0 Å². The van der Waals surface area contributed by atoms with Crippen LogP contribution in [0.25, 0.3) is 11.3 Å². The fourth-order valence-corrected chi connectivity index (χ4v) is 3.78. The van der Waals surface area contributed by atoms with E-state index in [2.05, 4.69) is 25.3 Å². The highest BCUT2D eigenvalue weighted by Gasteiger charge is 2.48. The fraction of sp³-hybridized carbons (Fsp3) is 0.385. The molecule has 1 unspecified atom stereocenters. The predicted molar refractivity (Wildman–Crippen MR) is 136 cm³/mol. The number of hydrogen-bond donors (Lipinski definition) is 1. The van der Waals surface area contributed by atoms with Crippen LogP contribution in [-0.2, 0) is 4.74 Å². The predicted octanol–water partition coefficient (Wildman–Crippen LogP) is 4.58. The summed E-state index contributed by atoms with van der Waals surface area (Å²) in [5.74, 6) is -2.68. The van der Waals surface area contributed by atoms with Crippen molar-refractivity contribution in [3.8, 4) is 29.1 Å². The van der Waals surface area contributed by atoms with Gasteiger partial charge in [-0.25, -0.2) is 28.5 Å². The first kappa shape index (κ1) is 27.4. The van der Waals surface area contributed by atoms with Gasteiger partial charge in [-0.3, -0.25) is 0 Å². The van der Waals surface area contributed by atoms with E-state index in [1.165, 1.54) is 31.6 Å². The lowest BCUT2D eigenvalue weighted by molar-refractivity contribution is -0.137. The van der Waals surface area contributed by atoms with E-state index >= 15 is 0 Å². The van der Waals surface area contributed by atoms with Crippen molar-refractivity contribution in [3.63, 3.8) is 0 Å². The average molecular weight is 540 g/mol. The summed E-state index contributed by atoms with van der Waals surface area (Å²) in [6.45, 7) is 4.19. The molecule has 0 aliphatic carbocycles. The summed E-state index contributed by atoms with van der Waals surface area (Å²) in [6.07, 6.45) is 0.585. The van der Waals surface area contributed by atoms with Crippen LogP contribution in [0.2, 0.25) is 0 Å². The summed E-state index contributed by atoms with van der Waals surface area (Å²) in [5, 5.41) is 12.7. The number of aromatic nitrogens is 4. The van der Waals surface area contributed by atoms with Gasteiger partial charge in [0, 0.05) is 30.9 Å². The molecule has 4 rings (SSSR count). The van der Waals surface area contributed by atoms with Crippen molar-refractivity contribution in [2.75, 3.05) is 25.5 Å². The lowest BCUT2D eigenvalue weighted by atomic mass is 10.0. The Balaban J connectivity index is 1.48. The van der Waals surface area contributed by atoms with Crippen LogP contribution >= 0.6 is 0 Å². The second-order valence-electron chi connectivity index (χ2n) is 9.70. The average Bonchev–Trinajstić information content (AvgIpc) is 2.89. The molecule has 0 radical (unpaired) electrons. The van der Waals surface area contributed by atoms with Crippen molar-refractivity contribution in [3.05, 3.63) is 48.3 Å². The van der Waals surface area contributed by atoms with Crippen LogP contribution in [0, 0.1) is 11.3 Å². The summed E-state index contributed by atoms with van der Waals surface area (Å²) in [5.41, 5.74) is 0.294. The van der Waals surface area contributed by atoms with Gasteiger partial charge in [-0.15, -0.1) is 0 Å². The van der Waals surface area contributed by atoms with Crippen LogP contribution in [0.3, 0.4) is 0 Å². The molecule has 1 aliphatic heterocycles. The summed E-state index contributed by atoms with van der Waals surface area (Å²) in [6, 6.07) is 10.0. The van der Waals surface area contributed by atoms with Crippen molar-refractivity contribution in [1.82, 2.24) is 24.8 Å². The molecular formula is C26H27F2N7O4. The number of nitrogens with zero attached hydrogens (tertiary/aromatic N) is 6. The molecule has 1 fully saturated rings. The van der Waals surface area contributed by atoms with E-state index in [4.69, 9.17) is 14.2 Å². The second-order valence-corrected chi connectivity index (χ2v) is 9.70. The zero-order valence-electron chi connectivity index (χ0n) is 21.8. The molecule has 11 nitrogen and oxygen atoms in total. The first-order valence-electron chi connectivity index (χ1n) is 12.0. The van der Waals surface area contributed by atoms with Crippen LogP contribution in [0.5, 0.6) is 11.8 Å². The molecule has 13 heteroatoms. The Hall–Kier alpha value is -4.60. The highest BCUT2D eigenvalue weighted by atomic mass is 19.3. The number of halogens is 2. The van der Waals surface area contributed by atoms with Gasteiger partial charge >= 0.3 is 18.0 Å². The van der Waals surface area contributed by atoms with Gasteiger partial charge in [-0.05, 0) is 51.1 Å². The molecule has 1 atom stereocenters. The summed E-state index contributed by atoms with van der Waals surface area (Å²) in [7, 11) is 1.45. The molecule has 2 aromatic heterocycles. The highest BCUT2D eigenvalue weighted by Crippen LogP contribution is 2.34. The van der Waals surface area contributed by atoms with E-state index in [1.807, 2.05) is 6.07 Å². The minimum Gasteiger partial charge on any atom is -0.483 e. The molecule has 39 heavy (non-hydrogen) atoms. The van der Waals surface area contributed by atoms with Gasteiger partial charge < -0.3 is 24.4 Å². The van der Waals surface area contributed by atoms with Gasteiger partial charge in [0.05, 0.1) is 24.9 Å². The zero-order valence-corrected chi connectivity index (χ0v) is 21.8. The molecule has 3 aromatic rings. The first-order chi connectivity index (χ1) is 18.5. The molecule has 1 saturated heterocycles. The summed E-state index contributed by atoms with van der Waals surface area (Å²) < 4.78 is 45.7. The van der Waals surface area contributed by atoms with Crippen LogP contribution in [0.4, 0.5) is 25.3 Å². The minimum atomic E-state index is -3.35. The topological polar surface area (TPSA) is 135 Å². The maximum absolute atomic E-state index is 15.0. The Morgan fingerprint density at radius 1 is 1.18 bits per heavy atom. The largest absolute Gasteiger partial charge is 0.483 e. The SMILES string of the molecule is COc1nccc(Nc2nccc(-c3ccc(OC4CCN(C(=O)OC(C)(C)C)CC4(F)F)c(C#N)c3)n2)n1. The Morgan fingerprint density at radius 2 is 1.95 bits per heavy atom. The zero-order chi connectivity index (χ0) is 28.2. The van der Waals surface area contributed by atoms with Crippen LogP contribution in [-0.4, -0.2) is 68.8 Å². The van der Waals surface area contributed by atoms with Crippen molar-refractivity contribution in [1.29, 1.82) is 5.26 Å². The lowest BCUT2D eigenvalue weighted by Crippen LogP contribution is -2.56. The van der Waals surface area contributed by atoms with E-state index in [-0.39, 0.29) is 36.2 Å². The van der Waals surface area contributed by atoms with Crippen LogP contribution in [0.1, 0.15) is 32.8 Å². The van der Waals surface area contributed by atoms with Crippen LogP contribution in [0.15, 0.2) is 42.7 Å². The number of benzene rings is 1. The third-order valence-corrected chi connectivity index (χ3v) is 5.56. The number of carbonyl (C=O) groups excluding carboxylic acids is 1. The molecule has 1 amide bonds. The van der Waals surface area contributed by atoms with Crippen molar-refractivity contribution >= 4 is 17.9 Å². The number of methoxy groups -OCH3 is 1. The van der Waals surface area contributed by atoms with E-state index < -0.39 is 30.3 Å². The molecule has 0 bridgehead atoms. The molecule has 0 spiro atoms. The number of alkyl halides is 2. The van der Waals surface area contributed by atoms with E-state index in [1.54, 1.807) is 39.0 Å². The maximum atomic E-state index is 15.0. The summed E-state index contributed by atoms with van der Waals surface area (Å²) >= 11 is 0. The normalized spacial score (nSPS) is 16.6. The van der Waals surface area contributed by atoms with Gasteiger partial charge in [-0.1, -0.05) is 0 Å². The van der Waals surface area contributed by atoms with Gasteiger partial charge in [0.2, 0.25) is 5.95 Å². The third kappa shape index (κ3) is 6.84. The lowest BCUT2D eigenvalue weighted by Gasteiger charge is -2.38. The Morgan fingerprint density at radius 3 is 2.64 bits per heavy atom. The molecule has 1 N–H and O–H groups in total. The van der Waals surface area contributed by atoms with Crippen LogP contribution < -0.4 is 14.8 Å². The number of carbonyl (C=O) groups is 1. The molecule has 1 aliphatic rings. The van der Waals surface area contributed by atoms with E-state index in [9.17, 15) is 18.8 Å². The number of amides is 1. The summed E-state index contributed by atoms with van der Waals surface area (Å²) in [4.78, 5) is 29.9. The third-order valence-electron chi connectivity index (χ3n) is 5.56. The van der Waals surface area contributed by atoms with E-state index in [0.717, 1.165) is 4.90 Å². The number of likely N-dealkylation sites (tertiary alicyclic amines) is 1. The Labute approximate surface area is 223 Å². The monoisotopic (exact) mass is 539 g/mol. The number of piperidine rings is 1. The van der Waals surface area contributed by atoms with Gasteiger partial charge in [0.1, 0.15) is 23.2 Å². The van der Waals surface area contributed by atoms with Gasteiger partial charge in [0.15, 0.2) is 6.10 Å². The molecule has 3 heterocycles. The quantitative estimate of drug-likeness (QED) is 0.474. The number of nitriles is 1. The number of hydrogen-bond acceptors (Lipinski definition) is 10. The van der Waals surface area contributed by atoms with Crippen molar-refractivity contribution in [2.24, 2.45) is 0 Å². The van der Waals surface area contributed by atoms with Crippen molar-refractivity contribution in [2.45, 2.75) is 44.8 Å². The Kier molecular flexibility index (Phi) is 7.75. The number of ether oxygens (including phenoxy) is 3. The molecule has 0 saturated carbocycles. The first-order valence-corrected chi connectivity index (χ1v) is 12.0. The number of rotatable bonds is 6. The number of nitrogens with one attached hydrogen (secondary N) is 1. The minimum absolute atomic E-state index is 0.0112. The molecule has 1 aromatic carbocycles. The smallest absolute Gasteiger partial charge is 0.410 e. The standard InChI is InChI=1S/C26H27F2N7O4/c1-25(2,3)39-24(36)35-12-9-20(26(27,28)15-35)38-19-6-5-16(13-17(19)14-29)18-7-10-30-22(32-18)33-21-8-11-31-23(34-21)37-4/h5-8,10-11,13,20H,9,12,15H2,1-4H3,(H,30,31,32,33,34). The molecule has 204 valence electrons. The van der Waals surface area contributed by atoms with Crippen molar-refractivity contribution < 1.29 is 27.8 Å².